The lowest BCUT2D eigenvalue weighted by molar-refractivity contribution is -0.136. The van der Waals surface area contributed by atoms with Gasteiger partial charge in [-0.3, -0.25) is 14.4 Å². The maximum atomic E-state index is 13.1. The molecule has 1 aliphatic heterocycles. The van der Waals surface area contributed by atoms with E-state index < -0.39 is 17.8 Å². The molecule has 7 heteroatoms. The van der Waals surface area contributed by atoms with E-state index in [-0.39, 0.29) is 23.7 Å². The Bertz CT molecular complexity index is 683. The van der Waals surface area contributed by atoms with Crippen LogP contribution in [0.2, 0.25) is 0 Å². The maximum absolute atomic E-state index is 13.1. The van der Waals surface area contributed by atoms with Gasteiger partial charge in [0.15, 0.2) is 0 Å². The second-order valence-corrected chi connectivity index (χ2v) is 7.57. The standard InChI is InChI=1S/C21H30FN3O3/c1-4-11-23-20(27)18(24-19(26)16-5-7-17(22)8-6-16)15-9-12-25(13-10-15)21(28)14(2)3/h5-8,14-15,18H,4,9-13H2,1-3H3,(H,23,27)(H,24,26)/t18-/m1/s1. The Balaban J connectivity index is 2.07. The van der Waals surface area contributed by atoms with Crippen LogP contribution in [0.3, 0.4) is 0 Å². The number of benzene rings is 1. The fraction of sp³-hybridized carbons (Fsp3) is 0.571. The van der Waals surface area contributed by atoms with Crippen molar-refractivity contribution in [1.82, 2.24) is 15.5 Å². The highest BCUT2D eigenvalue weighted by atomic mass is 19.1. The summed E-state index contributed by atoms with van der Waals surface area (Å²) in [5, 5.41) is 5.67. The van der Waals surface area contributed by atoms with Gasteiger partial charge < -0.3 is 15.5 Å². The molecule has 3 amide bonds. The lowest BCUT2D eigenvalue weighted by atomic mass is 9.88. The van der Waals surface area contributed by atoms with Gasteiger partial charge in [-0.15, -0.1) is 0 Å². The van der Waals surface area contributed by atoms with E-state index in [1.165, 1.54) is 24.3 Å². The number of rotatable bonds is 7. The van der Waals surface area contributed by atoms with Crippen LogP contribution in [-0.4, -0.2) is 48.3 Å². The van der Waals surface area contributed by atoms with Crippen LogP contribution in [0.25, 0.3) is 0 Å². The molecule has 0 radical (unpaired) electrons. The third-order valence-electron chi connectivity index (χ3n) is 5.04. The van der Waals surface area contributed by atoms with E-state index in [4.69, 9.17) is 0 Å². The summed E-state index contributed by atoms with van der Waals surface area (Å²) in [4.78, 5) is 39.3. The van der Waals surface area contributed by atoms with Crippen molar-refractivity contribution in [3.8, 4) is 0 Å². The number of nitrogens with one attached hydrogen (secondary N) is 2. The number of nitrogens with zero attached hydrogens (tertiary/aromatic N) is 1. The number of hydrogen-bond donors (Lipinski definition) is 2. The van der Waals surface area contributed by atoms with Crippen LogP contribution in [-0.2, 0) is 9.59 Å². The van der Waals surface area contributed by atoms with Crippen LogP contribution in [0.15, 0.2) is 24.3 Å². The lowest BCUT2D eigenvalue weighted by Crippen LogP contribution is -2.54. The van der Waals surface area contributed by atoms with Crippen LogP contribution < -0.4 is 10.6 Å². The summed E-state index contributed by atoms with van der Waals surface area (Å²) in [5.74, 6) is -1.05. The van der Waals surface area contributed by atoms with Gasteiger partial charge in [0.25, 0.3) is 5.91 Å². The van der Waals surface area contributed by atoms with Gasteiger partial charge in [0.2, 0.25) is 11.8 Å². The molecule has 1 saturated heterocycles. The van der Waals surface area contributed by atoms with Crippen molar-refractivity contribution in [1.29, 1.82) is 0 Å². The molecule has 2 rings (SSSR count). The minimum atomic E-state index is -0.680. The van der Waals surface area contributed by atoms with Crippen LogP contribution in [0.4, 0.5) is 4.39 Å². The fourth-order valence-corrected chi connectivity index (χ4v) is 3.40. The molecule has 2 N–H and O–H groups in total. The summed E-state index contributed by atoms with van der Waals surface area (Å²) in [6.45, 7) is 7.39. The van der Waals surface area contributed by atoms with Crippen molar-refractivity contribution < 1.29 is 18.8 Å². The maximum Gasteiger partial charge on any atom is 0.251 e. The van der Waals surface area contributed by atoms with Crippen LogP contribution >= 0.6 is 0 Å². The highest BCUT2D eigenvalue weighted by Gasteiger charge is 2.34. The van der Waals surface area contributed by atoms with Gasteiger partial charge in [0.1, 0.15) is 11.9 Å². The predicted molar refractivity (Wildman–Crippen MR) is 105 cm³/mol. The quantitative estimate of drug-likeness (QED) is 0.749. The third-order valence-corrected chi connectivity index (χ3v) is 5.04. The molecule has 154 valence electrons. The smallest absolute Gasteiger partial charge is 0.251 e. The summed E-state index contributed by atoms with van der Waals surface area (Å²) in [6, 6.07) is 4.56. The molecule has 0 aliphatic carbocycles. The molecule has 0 unspecified atom stereocenters. The summed E-state index contributed by atoms with van der Waals surface area (Å²) in [6.07, 6.45) is 2.09. The van der Waals surface area contributed by atoms with Crippen LogP contribution in [0, 0.1) is 17.7 Å². The molecule has 28 heavy (non-hydrogen) atoms. The minimum Gasteiger partial charge on any atom is -0.354 e. The zero-order valence-corrected chi connectivity index (χ0v) is 16.8. The van der Waals surface area contributed by atoms with Gasteiger partial charge in [0, 0.05) is 31.1 Å². The van der Waals surface area contributed by atoms with Crippen LogP contribution in [0.1, 0.15) is 50.4 Å². The highest BCUT2D eigenvalue weighted by molar-refractivity contribution is 5.97. The van der Waals surface area contributed by atoms with Crippen molar-refractivity contribution >= 4 is 17.7 Å². The Morgan fingerprint density at radius 1 is 1.14 bits per heavy atom. The summed E-state index contributed by atoms with van der Waals surface area (Å²) >= 11 is 0. The van der Waals surface area contributed by atoms with Crippen molar-refractivity contribution in [2.45, 2.75) is 46.1 Å². The molecule has 1 heterocycles. The number of carbonyl (C=O) groups excluding carboxylic acids is 3. The molecule has 1 aromatic rings. The highest BCUT2D eigenvalue weighted by Crippen LogP contribution is 2.23. The van der Waals surface area contributed by atoms with E-state index in [2.05, 4.69) is 10.6 Å². The Hall–Kier alpha value is -2.44. The summed E-state index contributed by atoms with van der Waals surface area (Å²) < 4.78 is 13.1. The molecule has 1 aliphatic rings. The van der Waals surface area contributed by atoms with Gasteiger partial charge in [-0.25, -0.2) is 4.39 Å². The first-order valence-corrected chi connectivity index (χ1v) is 9.96. The summed E-state index contributed by atoms with van der Waals surface area (Å²) in [5.41, 5.74) is 0.308. The molecule has 1 aromatic carbocycles. The van der Waals surface area contributed by atoms with Crippen molar-refractivity contribution in [3.05, 3.63) is 35.6 Å². The normalized spacial score (nSPS) is 16.0. The van der Waals surface area contributed by atoms with E-state index in [1.807, 2.05) is 25.7 Å². The fourth-order valence-electron chi connectivity index (χ4n) is 3.40. The zero-order chi connectivity index (χ0) is 20.7. The van der Waals surface area contributed by atoms with Crippen molar-refractivity contribution in [2.24, 2.45) is 11.8 Å². The van der Waals surface area contributed by atoms with Gasteiger partial charge in [-0.05, 0) is 49.4 Å². The molecule has 0 aromatic heterocycles. The average molecular weight is 391 g/mol. The molecular weight excluding hydrogens is 361 g/mol. The zero-order valence-electron chi connectivity index (χ0n) is 16.8. The van der Waals surface area contributed by atoms with E-state index >= 15 is 0 Å². The first-order valence-electron chi connectivity index (χ1n) is 9.96. The average Bonchev–Trinajstić information content (AvgIpc) is 2.70. The first kappa shape index (κ1) is 21.9. The molecule has 6 nitrogen and oxygen atoms in total. The first-order chi connectivity index (χ1) is 13.3. The van der Waals surface area contributed by atoms with Gasteiger partial charge >= 0.3 is 0 Å². The molecule has 0 spiro atoms. The Kier molecular flexibility index (Phi) is 7.96. The van der Waals surface area contributed by atoms with E-state index in [0.717, 1.165) is 6.42 Å². The minimum absolute atomic E-state index is 0.0571. The number of halogens is 1. The topological polar surface area (TPSA) is 78.5 Å². The lowest BCUT2D eigenvalue weighted by Gasteiger charge is -2.36. The Labute approximate surface area is 165 Å². The number of carbonyl (C=O) groups is 3. The number of amides is 3. The SMILES string of the molecule is CCCNC(=O)[C@H](NC(=O)c1ccc(F)cc1)C1CCN(C(=O)C(C)C)CC1. The van der Waals surface area contributed by atoms with Crippen molar-refractivity contribution in [3.63, 3.8) is 0 Å². The molecule has 0 saturated carbocycles. The van der Waals surface area contributed by atoms with Crippen molar-refractivity contribution in [2.75, 3.05) is 19.6 Å². The molecular formula is C21H30FN3O3. The number of hydrogen-bond acceptors (Lipinski definition) is 3. The second-order valence-electron chi connectivity index (χ2n) is 7.57. The molecule has 1 atom stereocenters. The molecule has 1 fully saturated rings. The Morgan fingerprint density at radius 2 is 1.75 bits per heavy atom. The third kappa shape index (κ3) is 5.78. The summed E-state index contributed by atoms with van der Waals surface area (Å²) in [7, 11) is 0. The number of likely N-dealkylation sites (tertiary alicyclic amines) is 1. The Morgan fingerprint density at radius 3 is 2.29 bits per heavy atom. The van der Waals surface area contributed by atoms with E-state index in [9.17, 15) is 18.8 Å². The van der Waals surface area contributed by atoms with Gasteiger partial charge in [-0.2, -0.15) is 0 Å². The van der Waals surface area contributed by atoms with Gasteiger partial charge in [0.05, 0.1) is 0 Å². The van der Waals surface area contributed by atoms with Crippen LogP contribution in [0.5, 0.6) is 0 Å². The number of piperidine rings is 1. The largest absolute Gasteiger partial charge is 0.354 e. The monoisotopic (exact) mass is 391 g/mol. The second kappa shape index (κ2) is 10.2. The van der Waals surface area contributed by atoms with E-state index in [0.29, 0.717) is 38.0 Å². The van der Waals surface area contributed by atoms with E-state index in [1.54, 1.807) is 0 Å². The predicted octanol–water partition coefficient (Wildman–Crippen LogP) is 2.34. The van der Waals surface area contributed by atoms with Gasteiger partial charge in [-0.1, -0.05) is 20.8 Å². The molecule has 0 bridgehead atoms.